The zero-order valence-electron chi connectivity index (χ0n) is 22.6. The summed E-state index contributed by atoms with van der Waals surface area (Å²) in [4.78, 5) is 26.5. The number of anilines is 1. The van der Waals surface area contributed by atoms with Crippen molar-refractivity contribution in [1.82, 2.24) is 19.4 Å². The summed E-state index contributed by atoms with van der Waals surface area (Å²) in [6.45, 7) is 10.6. The van der Waals surface area contributed by atoms with Crippen LogP contribution < -0.4 is 9.64 Å². The molecule has 2 aromatic heterocycles. The van der Waals surface area contributed by atoms with Gasteiger partial charge >= 0.3 is 0 Å². The summed E-state index contributed by atoms with van der Waals surface area (Å²) < 4.78 is 8.24. The van der Waals surface area contributed by atoms with Crippen LogP contribution in [0.25, 0.3) is 16.6 Å². The Balaban J connectivity index is 0.00000176. The number of pyridine rings is 1. The average Bonchev–Trinajstić information content (AvgIpc) is 3.36. The number of benzene rings is 2. The van der Waals surface area contributed by atoms with Crippen LogP contribution in [0.4, 0.5) is 5.69 Å². The lowest BCUT2D eigenvalue weighted by molar-refractivity contribution is 0.0980. The monoisotopic (exact) mass is 567 g/mol. The molecule has 0 radical (unpaired) electrons. The van der Waals surface area contributed by atoms with E-state index in [1.165, 1.54) is 16.6 Å². The highest BCUT2D eigenvalue weighted by Crippen LogP contribution is 2.35. The van der Waals surface area contributed by atoms with Crippen molar-refractivity contribution >= 4 is 47.2 Å². The number of fused-ring (bicyclic) bond motifs is 4. The third kappa shape index (κ3) is 5.36. The van der Waals surface area contributed by atoms with Crippen LogP contribution in [0, 0.1) is 6.92 Å². The Morgan fingerprint density at radius 1 is 1.05 bits per heavy atom. The summed E-state index contributed by atoms with van der Waals surface area (Å²) in [6, 6.07) is 17.5. The van der Waals surface area contributed by atoms with E-state index in [2.05, 4.69) is 64.2 Å². The molecule has 0 bridgehead atoms. The van der Waals surface area contributed by atoms with Gasteiger partial charge < -0.3 is 9.64 Å². The number of ether oxygens (including phenoxy) is 1. The number of Topliss-reactive ketones (excluding diaryl/α,β-unsaturated/α-hetero) is 1. The van der Waals surface area contributed by atoms with Gasteiger partial charge in [0, 0.05) is 55.4 Å². The molecule has 0 N–H and O–H groups in total. The van der Waals surface area contributed by atoms with Gasteiger partial charge in [0.2, 0.25) is 0 Å². The maximum absolute atomic E-state index is 12.3. The van der Waals surface area contributed by atoms with Crippen molar-refractivity contribution in [1.29, 1.82) is 0 Å². The Morgan fingerprint density at radius 2 is 1.85 bits per heavy atom. The fourth-order valence-corrected chi connectivity index (χ4v) is 5.71. The Kier molecular flexibility index (Phi) is 8.84. The second-order valence-corrected chi connectivity index (χ2v) is 10.1. The average molecular weight is 569 g/mol. The number of piperazine rings is 1. The van der Waals surface area contributed by atoms with Crippen molar-refractivity contribution in [3.05, 3.63) is 77.5 Å². The first-order valence-corrected chi connectivity index (χ1v) is 13.2. The van der Waals surface area contributed by atoms with E-state index in [0.29, 0.717) is 24.8 Å². The number of para-hydroxylation sites is 1. The molecule has 0 saturated carbocycles. The van der Waals surface area contributed by atoms with Crippen molar-refractivity contribution < 1.29 is 9.53 Å². The van der Waals surface area contributed by atoms with Crippen molar-refractivity contribution in [3.8, 4) is 11.4 Å². The normalized spacial score (nSPS) is 16.5. The summed E-state index contributed by atoms with van der Waals surface area (Å²) in [5.74, 6) is 0.965. The van der Waals surface area contributed by atoms with Crippen LogP contribution in [0.5, 0.6) is 5.75 Å². The van der Waals surface area contributed by atoms with Gasteiger partial charge in [-0.1, -0.05) is 25.1 Å². The molecule has 4 aromatic rings. The number of aryl methyl sites for hydroxylation is 1. The number of carbonyl (C=O) groups excluding carboxylic acids is 1. The van der Waals surface area contributed by atoms with Gasteiger partial charge in [-0.05, 0) is 56.2 Å². The van der Waals surface area contributed by atoms with Gasteiger partial charge in [0.25, 0.3) is 0 Å². The third-order valence-electron chi connectivity index (χ3n) is 7.76. The number of hydrogen-bond donors (Lipinski definition) is 0. The molecule has 4 heterocycles. The molecule has 1 fully saturated rings. The van der Waals surface area contributed by atoms with E-state index in [-0.39, 0.29) is 30.6 Å². The lowest BCUT2D eigenvalue weighted by atomic mass is 10.1. The smallest absolute Gasteiger partial charge is 0.182 e. The number of hydrogen-bond acceptors (Lipinski definition) is 6. The molecule has 2 aliphatic rings. The number of imidazole rings is 1. The minimum atomic E-state index is 0. The SMILES string of the molecule is CCC(=O)c1ncn2c1COc1c(CCN3CCN(c4cccc5nc(C)ccc45)C[C@H]3C)cccc1-2.Cl.Cl. The molecule has 6 rings (SSSR count). The molecular weight excluding hydrogens is 533 g/mol. The first-order chi connectivity index (χ1) is 18.0. The van der Waals surface area contributed by atoms with Crippen LogP contribution >= 0.6 is 24.8 Å². The van der Waals surface area contributed by atoms with Crippen LogP contribution in [-0.4, -0.2) is 57.4 Å². The summed E-state index contributed by atoms with van der Waals surface area (Å²) in [7, 11) is 0. The predicted molar refractivity (Wildman–Crippen MR) is 160 cm³/mol. The van der Waals surface area contributed by atoms with E-state index >= 15 is 0 Å². The Morgan fingerprint density at radius 3 is 2.64 bits per heavy atom. The second-order valence-electron chi connectivity index (χ2n) is 10.1. The van der Waals surface area contributed by atoms with Gasteiger partial charge in [-0.3, -0.25) is 19.2 Å². The van der Waals surface area contributed by atoms with Gasteiger partial charge in [0.1, 0.15) is 24.4 Å². The summed E-state index contributed by atoms with van der Waals surface area (Å²) in [5.41, 5.74) is 6.94. The van der Waals surface area contributed by atoms with E-state index in [9.17, 15) is 4.79 Å². The molecule has 0 unspecified atom stereocenters. The van der Waals surface area contributed by atoms with Gasteiger partial charge in [-0.2, -0.15) is 0 Å². The van der Waals surface area contributed by atoms with E-state index in [1.54, 1.807) is 6.33 Å². The standard InChI is InChI=1S/C30H33N5O2.2ClH/c1-4-28(36)29-27-18-37-30-22(7-5-10-26(30)35(27)19-31-29)13-14-33-15-16-34(17-21(33)3)25-9-6-8-24-23(25)12-11-20(2)32-24;;/h5-12,19,21H,4,13-18H2,1-3H3;2*1H/t21-;;/m1../s1. The molecule has 39 heavy (non-hydrogen) atoms. The largest absolute Gasteiger partial charge is 0.485 e. The topological polar surface area (TPSA) is 63.5 Å². The second kappa shape index (κ2) is 11.9. The lowest BCUT2D eigenvalue weighted by Crippen LogP contribution is -2.52. The zero-order valence-corrected chi connectivity index (χ0v) is 24.2. The van der Waals surface area contributed by atoms with Crippen molar-refractivity contribution in [2.75, 3.05) is 31.1 Å². The molecule has 206 valence electrons. The molecule has 1 atom stereocenters. The highest BCUT2D eigenvalue weighted by Gasteiger charge is 2.27. The van der Waals surface area contributed by atoms with E-state index in [0.717, 1.165) is 60.9 Å². The third-order valence-corrected chi connectivity index (χ3v) is 7.76. The molecule has 2 aliphatic heterocycles. The lowest BCUT2D eigenvalue weighted by Gasteiger charge is -2.41. The van der Waals surface area contributed by atoms with Crippen molar-refractivity contribution in [2.45, 2.75) is 46.3 Å². The molecule has 0 amide bonds. The minimum absolute atomic E-state index is 0. The Hall–Kier alpha value is -3.13. The van der Waals surface area contributed by atoms with Crippen molar-refractivity contribution in [2.24, 2.45) is 0 Å². The van der Waals surface area contributed by atoms with Gasteiger partial charge in [-0.15, -0.1) is 24.8 Å². The maximum atomic E-state index is 12.3. The first-order valence-electron chi connectivity index (χ1n) is 13.2. The molecule has 0 spiro atoms. The van der Waals surface area contributed by atoms with Gasteiger partial charge in [0.15, 0.2) is 5.78 Å². The minimum Gasteiger partial charge on any atom is -0.485 e. The fourth-order valence-electron chi connectivity index (χ4n) is 5.71. The van der Waals surface area contributed by atoms with Crippen LogP contribution in [0.3, 0.4) is 0 Å². The van der Waals surface area contributed by atoms with E-state index in [1.807, 2.05) is 24.5 Å². The number of ketones is 1. The van der Waals surface area contributed by atoms with Gasteiger partial charge in [-0.25, -0.2) is 4.98 Å². The molecule has 1 saturated heterocycles. The molecule has 9 heteroatoms. The van der Waals surface area contributed by atoms with Crippen molar-refractivity contribution in [3.63, 3.8) is 0 Å². The number of rotatable bonds is 6. The van der Waals surface area contributed by atoms with Crippen LogP contribution in [-0.2, 0) is 13.0 Å². The maximum Gasteiger partial charge on any atom is 0.182 e. The molecule has 2 aromatic carbocycles. The van der Waals surface area contributed by atoms with Crippen LogP contribution in [0.2, 0.25) is 0 Å². The fraction of sp³-hybridized carbons (Fsp3) is 0.367. The van der Waals surface area contributed by atoms with E-state index in [4.69, 9.17) is 9.72 Å². The molecular formula is C30H35Cl2N5O2. The Labute approximate surface area is 242 Å². The highest BCUT2D eigenvalue weighted by molar-refractivity contribution is 5.95. The predicted octanol–water partition coefficient (Wildman–Crippen LogP) is 5.81. The van der Waals surface area contributed by atoms with E-state index < -0.39 is 0 Å². The highest BCUT2D eigenvalue weighted by atomic mass is 35.5. The summed E-state index contributed by atoms with van der Waals surface area (Å²) >= 11 is 0. The quantitative estimate of drug-likeness (QED) is 0.274. The molecule has 7 nitrogen and oxygen atoms in total. The summed E-state index contributed by atoms with van der Waals surface area (Å²) in [6.07, 6.45) is 3.12. The van der Waals surface area contributed by atoms with Crippen LogP contribution in [0.15, 0.2) is 54.9 Å². The zero-order chi connectivity index (χ0) is 25.5. The summed E-state index contributed by atoms with van der Waals surface area (Å²) in [5, 5.41) is 1.23. The number of carbonyl (C=O) groups is 1. The number of halogens is 2. The number of aromatic nitrogens is 3. The van der Waals surface area contributed by atoms with Gasteiger partial charge in [0.05, 0.1) is 16.9 Å². The van der Waals surface area contributed by atoms with Crippen LogP contribution in [0.1, 0.15) is 47.7 Å². The number of nitrogens with zero attached hydrogens (tertiary/aromatic N) is 5. The first kappa shape index (κ1) is 28.9. The molecule has 0 aliphatic carbocycles. The Bertz CT molecular complexity index is 1490.